The molecule has 9 aromatic carbocycles. The summed E-state index contributed by atoms with van der Waals surface area (Å²) < 4.78 is 269. The van der Waals surface area contributed by atoms with Gasteiger partial charge in [0, 0.05) is 34.4 Å². The number of fused-ring (bicyclic) bond motifs is 3. The van der Waals surface area contributed by atoms with Crippen molar-refractivity contribution in [3.8, 4) is 23.0 Å². The van der Waals surface area contributed by atoms with Gasteiger partial charge in [0.1, 0.15) is 80.6 Å². The molecule has 0 saturated carbocycles. The smallest absolute Gasteiger partial charge is 0.297 e. The van der Waals surface area contributed by atoms with Crippen molar-refractivity contribution in [2.75, 3.05) is 10.5 Å². The molecule has 0 saturated heterocycles. The highest BCUT2D eigenvalue weighted by atomic mass is 32.2. The Hall–Kier alpha value is -9.50. The van der Waals surface area contributed by atoms with E-state index in [4.69, 9.17) is 25.5 Å². The monoisotopic (exact) mass is 1640 g/mol. The Labute approximate surface area is 591 Å². The number of hydrogen-bond acceptors (Lipinski definition) is 40. The van der Waals surface area contributed by atoms with Gasteiger partial charge in [-0.3, -0.25) is 46.7 Å². The first-order valence-corrected chi connectivity index (χ1v) is 38.5. The molecule has 0 aliphatic rings. The van der Waals surface area contributed by atoms with Gasteiger partial charge in [0.15, 0.2) is 29.5 Å². The summed E-state index contributed by atoms with van der Waals surface area (Å²) in [6.07, 6.45) is 0. The van der Waals surface area contributed by atoms with E-state index >= 15 is 0 Å². The van der Waals surface area contributed by atoms with E-state index < -0.39 is 232 Å². The molecule has 0 aromatic heterocycles. The number of azo groups is 4. The Morgan fingerprint density at radius 2 is 1.00 bits per heavy atom. The number of rotatable bonds is 27. The quantitative estimate of drug-likeness (QED) is 0.00262. The minimum Gasteiger partial charge on any atom is -0.507 e. The van der Waals surface area contributed by atoms with E-state index in [1.54, 1.807) is 19.1 Å². The molecule has 0 radical (unpaired) electrons. The fraction of sp³-hybridized carbons (Fsp3) is 0.0204. The highest BCUT2D eigenvalue weighted by Gasteiger charge is 2.32. The minimum atomic E-state index is -5.89. The molecular weight excluding hydrogens is 1610 g/mol. The molecule has 45 nitrogen and oxygen atoms in total. The molecule has 15 N–H and O–H groups in total. The highest BCUT2D eigenvalue weighted by molar-refractivity contribution is 7.96. The van der Waals surface area contributed by atoms with Crippen LogP contribution in [-0.2, 0) is 93.9 Å². The van der Waals surface area contributed by atoms with Gasteiger partial charge in [-0.25, -0.2) is 10.5 Å². The Bertz CT molecular complexity index is 6100. The molecule has 104 heavy (non-hydrogen) atoms. The van der Waals surface area contributed by atoms with Gasteiger partial charge in [0.05, 0.1) is 65.8 Å². The number of nitrogen functional groups attached to an aromatic ring is 1. The molecule has 0 heterocycles. The standard InChI is InChI=1S/C49H35N11O34S10/c1-19-2-5-22(6-3-19)89-92-97-59-44-38(102(80,81)82)11-20-10-23(98(68,69)70)13-32(61)40(20)46(44)58-54-30-16-33(95-93-90-66)29(17-37(30)101(77,78)79)53-57-45-39(103(83,84)85)15-25-24(47(45)62)7-9-28(49(25)104(86,87)88)52-55-31-18-35(99(71,72)73)26-14-34(96-94-91-67)43(48(63)41(26)42(31)50)56-51-27-8-4-21(60(64)65)12-36(27)100(74,75)76/h2-18,59,61-63,66-67H,50H2,1H3,(H,68,69,70)(H,71,72,73)(H,74,75,76)(H,77,78,79)(H,80,81,82)(H,83,84,85)(H,86,87,88). The van der Waals surface area contributed by atoms with Gasteiger partial charge in [-0.1, -0.05) is 32.1 Å². The molecule has 0 aliphatic heterocycles. The van der Waals surface area contributed by atoms with Gasteiger partial charge in [0.2, 0.25) is 0 Å². The third-order valence-corrected chi connectivity index (χ3v) is 21.3. The molecule has 9 aromatic rings. The van der Waals surface area contributed by atoms with Crippen LogP contribution < -0.4 is 15.3 Å². The molecule has 0 atom stereocenters. The van der Waals surface area contributed by atoms with E-state index in [1.807, 2.05) is 0 Å². The average Bonchev–Trinajstić information content (AvgIpc) is 0.751. The zero-order valence-electron chi connectivity index (χ0n) is 49.8. The molecular formula is C49H35N11O34S10. The van der Waals surface area contributed by atoms with Crippen molar-refractivity contribution in [1.82, 2.24) is 0 Å². The number of aromatic hydroxyl groups is 3. The SMILES string of the molecule is Cc1ccc(OOSNc2c(S(=O)(=O)O)cc3cc(S(=O)(=O)O)cc(O)c3c2N=Nc2cc(SOOO)c(N=Nc3c(S(=O)(=O)O)cc4c(S(=O)(=O)O)c(N=Nc5cc(S(=O)(=O)O)c6cc(SOOO)c(N=Nc7ccc([N+](=O)[O-])cc7S(=O)(=O)O)c(O)c6c5N)ccc4c3O)cc2S(=O)(=O)O)cc1. The number of non-ortho nitro benzene ring substituents is 1. The molecule has 0 fully saturated rings. The lowest BCUT2D eigenvalue weighted by Gasteiger charge is -2.15. The van der Waals surface area contributed by atoms with Crippen molar-refractivity contribution < 1.29 is 150 Å². The van der Waals surface area contributed by atoms with Crippen LogP contribution in [0.1, 0.15) is 5.56 Å². The normalized spacial score (nSPS) is 13.1. The number of hydrogen-bond donors (Lipinski definition) is 14. The van der Waals surface area contributed by atoms with Crippen LogP contribution in [-0.4, -0.2) is 122 Å². The van der Waals surface area contributed by atoms with E-state index in [9.17, 15) is 116 Å². The molecule has 0 unspecified atom stereocenters. The Morgan fingerprint density at radius 3 is 1.59 bits per heavy atom. The van der Waals surface area contributed by atoms with Crippen molar-refractivity contribution >= 4 is 202 Å². The topological polar surface area (TPSA) is 717 Å². The van der Waals surface area contributed by atoms with Crippen LogP contribution in [0.2, 0.25) is 0 Å². The summed E-state index contributed by atoms with van der Waals surface area (Å²) in [4.78, 5) is 4.81. The molecule has 0 amide bonds. The minimum absolute atomic E-state index is 0.0599. The first kappa shape index (κ1) is 78.6. The molecule has 55 heteroatoms. The van der Waals surface area contributed by atoms with Crippen LogP contribution in [0.4, 0.5) is 62.6 Å². The number of phenols is 3. The fourth-order valence-corrected chi connectivity index (χ4v) is 15.2. The number of nitro benzene ring substituents is 1. The molecule has 9 rings (SSSR count). The summed E-state index contributed by atoms with van der Waals surface area (Å²) in [6.45, 7) is 1.74. The van der Waals surface area contributed by atoms with Crippen LogP contribution in [0.5, 0.6) is 23.0 Å². The van der Waals surface area contributed by atoms with Crippen LogP contribution in [0.15, 0.2) is 188 Å². The molecule has 0 bridgehead atoms. The summed E-state index contributed by atoms with van der Waals surface area (Å²) in [7, 11) is -39.1. The predicted molar refractivity (Wildman–Crippen MR) is 352 cm³/mol. The van der Waals surface area contributed by atoms with Gasteiger partial charge in [-0.15, -0.1) is 49.6 Å². The highest BCUT2D eigenvalue weighted by Crippen LogP contribution is 2.53. The summed E-state index contributed by atoms with van der Waals surface area (Å²) in [5, 5.41) is 95.8. The number of nitro groups is 1. The lowest BCUT2D eigenvalue weighted by atomic mass is 10.0. The fourth-order valence-electron chi connectivity index (χ4n) is 9.10. The summed E-state index contributed by atoms with van der Waals surface area (Å²) in [6, 6.07) is 12.9. The Morgan fingerprint density at radius 1 is 0.462 bits per heavy atom. The molecule has 0 spiro atoms. The molecule has 0 aliphatic carbocycles. The maximum atomic E-state index is 13.3. The number of anilines is 2. The van der Waals surface area contributed by atoms with Crippen molar-refractivity contribution in [2.45, 2.75) is 51.0 Å². The van der Waals surface area contributed by atoms with Crippen LogP contribution in [0.3, 0.4) is 0 Å². The van der Waals surface area contributed by atoms with Gasteiger partial charge < -0.3 is 25.9 Å². The maximum Gasteiger partial charge on any atom is 0.297 e. The number of phenolic OH excluding ortho intramolecular Hbond substituents is 3. The van der Waals surface area contributed by atoms with Crippen molar-refractivity contribution in [3.63, 3.8) is 0 Å². The van der Waals surface area contributed by atoms with E-state index in [-0.39, 0.29) is 48.1 Å². The first-order valence-electron chi connectivity index (χ1n) is 26.2. The number of nitrogens with zero attached hydrogens (tertiary/aromatic N) is 9. The van der Waals surface area contributed by atoms with Crippen molar-refractivity contribution in [1.29, 1.82) is 0 Å². The van der Waals surface area contributed by atoms with Crippen LogP contribution >= 0.6 is 36.3 Å². The predicted octanol–water partition coefficient (Wildman–Crippen LogP) is 11.3. The van der Waals surface area contributed by atoms with Crippen molar-refractivity contribution in [3.05, 3.63) is 119 Å². The second-order valence-electron chi connectivity index (χ2n) is 19.9. The van der Waals surface area contributed by atoms with Crippen LogP contribution in [0.25, 0.3) is 32.3 Å². The lowest BCUT2D eigenvalue weighted by Crippen LogP contribution is -2.05. The zero-order chi connectivity index (χ0) is 76.7. The second-order valence-corrected chi connectivity index (χ2v) is 31.7. The lowest BCUT2D eigenvalue weighted by molar-refractivity contribution is -0.432. The molecule has 550 valence electrons. The Balaban J connectivity index is 1.18. The number of aryl methyl sites for hydroxylation is 1. The number of nitrogens with one attached hydrogen (secondary N) is 1. The van der Waals surface area contributed by atoms with Crippen molar-refractivity contribution in [2.24, 2.45) is 40.9 Å². The second kappa shape index (κ2) is 29.9. The van der Waals surface area contributed by atoms with Gasteiger partial charge >= 0.3 is 0 Å². The third kappa shape index (κ3) is 17.3. The van der Waals surface area contributed by atoms with Gasteiger partial charge in [0.25, 0.3) is 76.5 Å². The van der Waals surface area contributed by atoms with E-state index in [1.165, 1.54) is 12.1 Å². The van der Waals surface area contributed by atoms with Gasteiger partial charge in [-0.05, 0) is 85.1 Å². The third-order valence-electron chi connectivity index (χ3n) is 13.4. The Kier molecular flexibility index (Phi) is 22.6. The summed E-state index contributed by atoms with van der Waals surface area (Å²) >= 11 is -0.168. The van der Waals surface area contributed by atoms with E-state index in [0.717, 1.165) is 5.56 Å². The number of nitrogens with two attached hydrogens (primary N) is 1. The summed E-state index contributed by atoms with van der Waals surface area (Å²) in [5.41, 5.74) is -3.78. The largest absolute Gasteiger partial charge is 0.507 e. The van der Waals surface area contributed by atoms with Crippen LogP contribution in [0, 0.1) is 17.0 Å². The first-order chi connectivity index (χ1) is 48.3. The van der Waals surface area contributed by atoms with E-state index in [2.05, 4.69) is 64.4 Å². The van der Waals surface area contributed by atoms with E-state index in [0.29, 0.717) is 72.8 Å². The maximum absolute atomic E-state index is 13.3. The average molecular weight is 1640 g/mol. The van der Waals surface area contributed by atoms with Gasteiger partial charge in [-0.2, -0.15) is 58.9 Å². The number of benzene rings is 9. The summed E-state index contributed by atoms with van der Waals surface area (Å²) in [5.74, 6) is -3.85. The zero-order valence-corrected chi connectivity index (χ0v) is 58.0.